The summed E-state index contributed by atoms with van der Waals surface area (Å²) in [6.07, 6.45) is 14.5. The Kier molecular flexibility index (Phi) is 16.1. The maximum absolute atomic E-state index is 9.17. The Morgan fingerprint density at radius 1 is 1.23 bits per heavy atom. The molecule has 0 saturated heterocycles. The molecule has 2 rings (SSSR count). The fourth-order valence-electron chi connectivity index (χ4n) is 3.06. The van der Waals surface area contributed by atoms with E-state index in [1.54, 1.807) is 25.4 Å². The molecule has 0 unspecified atom stereocenters. The molecule has 0 bridgehead atoms. The van der Waals surface area contributed by atoms with E-state index in [-0.39, 0.29) is 6.41 Å². The highest BCUT2D eigenvalue weighted by molar-refractivity contribution is 6.09. The number of nitrogens with one attached hydrogen (secondary N) is 2. The first kappa shape index (κ1) is 34.1. The quantitative estimate of drug-likeness (QED) is 0.138. The van der Waals surface area contributed by atoms with Gasteiger partial charge in [-0.15, -0.1) is 0 Å². The van der Waals surface area contributed by atoms with Crippen molar-refractivity contribution in [1.82, 2.24) is 10.6 Å². The minimum atomic E-state index is 0.250. The second-order valence-corrected chi connectivity index (χ2v) is 8.03. The monoisotopic (exact) mass is 527 g/mol. The zero-order valence-electron chi connectivity index (χ0n) is 23.8. The highest BCUT2D eigenvalue weighted by Gasteiger charge is 2.24. The molecule has 0 saturated carbocycles. The molecule has 39 heavy (non-hydrogen) atoms. The molecule has 2 aliphatic carbocycles. The summed E-state index contributed by atoms with van der Waals surface area (Å²) in [5, 5.41) is 15.9. The fourth-order valence-corrected chi connectivity index (χ4v) is 3.06. The normalized spacial score (nSPS) is 15.3. The van der Waals surface area contributed by atoms with E-state index in [4.69, 9.17) is 15.8 Å². The second kappa shape index (κ2) is 18.4. The van der Waals surface area contributed by atoms with Crippen molar-refractivity contribution < 1.29 is 4.79 Å². The van der Waals surface area contributed by atoms with Gasteiger partial charge in [-0.05, 0) is 55.7 Å². The van der Waals surface area contributed by atoms with Crippen LogP contribution in [0.4, 0.5) is 0 Å². The molecule has 206 valence electrons. The molecule has 0 aromatic heterocycles. The number of amides is 1. The number of nitrogens with zero attached hydrogens (tertiary/aromatic N) is 3. The maximum atomic E-state index is 9.17. The van der Waals surface area contributed by atoms with E-state index in [1.807, 2.05) is 39.8 Å². The molecule has 8 heteroatoms. The molecular formula is C31H41N7O. The van der Waals surface area contributed by atoms with Gasteiger partial charge in [0, 0.05) is 47.9 Å². The van der Waals surface area contributed by atoms with Gasteiger partial charge >= 0.3 is 0 Å². The summed E-state index contributed by atoms with van der Waals surface area (Å²) in [4.78, 5) is 17.2. The second-order valence-electron chi connectivity index (χ2n) is 8.03. The van der Waals surface area contributed by atoms with Gasteiger partial charge < -0.3 is 22.1 Å². The molecule has 0 heterocycles. The number of allylic oxidation sites excluding steroid dienone is 11. The van der Waals surface area contributed by atoms with E-state index < -0.39 is 0 Å². The average molecular weight is 528 g/mol. The number of carbonyl (C=O) groups excluding carboxylic acids is 1. The van der Waals surface area contributed by atoms with Crippen molar-refractivity contribution in [3.05, 3.63) is 119 Å². The highest BCUT2D eigenvalue weighted by atomic mass is 16.1. The van der Waals surface area contributed by atoms with Crippen molar-refractivity contribution in [2.45, 2.75) is 34.1 Å². The number of hydrogen-bond acceptors (Lipinski definition) is 7. The molecule has 0 fully saturated rings. The molecule has 0 aromatic carbocycles. The Morgan fingerprint density at radius 2 is 1.87 bits per heavy atom. The Hall–Kier alpha value is -4.90. The molecule has 2 aliphatic rings. The maximum Gasteiger partial charge on any atom is 0.204 e. The summed E-state index contributed by atoms with van der Waals surface area (Å²) in [6.45, 7) is 24.1. The molecule has 0 spiro atoms. The van der Waals surface area contributed by atoms with Crippen LogP contribution in [0.15, 0.2) is 129 Å². The van der Waals surface area contributed by atoms with Crippen LogP contribution in [-0.2, 0) is 4.79 Å². The summed E-state index contributed by atoms with van der Waals surface area (Å²) in [5.41, 5.74) is 18.4. The summed E-state index contributed by atoms with van der Waals surface area (Å²) in [7, 11) is 1.70. The van der Waals surface area contributed by atoms with Crippen LogP contribution < -0.4 is 22.1 Å². The van der Waals surface area contributed by atoms with E-state index >= 15 is 0 Å². The Bertz CT molecular complexity index is 1260. The van der Waals surface area contributed by atoms with E-state index in [0.717, 1.165) is 45.8 Å². The van der Waals surface area contributed by atoms with Gasteiger partial charge in [0.1, 0.15) is 0 Å². The van der Waals surface area contributed by atoms with Crippen LogP contribution in [-0.4, -0.2) is 31.9 Å². The van der Waals surface area contributed by atoms with Crippen molar-refractivity contribution in [1.29, 1.82) is 5.26 Å². The Balaban J connectivity index is 0.00000269. The SMILES string of the molecule is C=C1C(=C)C(NC2=CC=CCC(CNC(=C)C(/C=C(\C)C(=C)C#N)=N\C(C)=C\C=NC)=C2)=C1N.CC.NC=O. The summed E-state index contributed by atoms with van der Waals surface area (Å²) in [6, 6.07) is 2.07. The number of nitrogens with two attached hydrogens (primary N) is 2. The van der Waals surface area contributed by atoms with Gasteiger partial charge in [-0.25, -0.2) is 0 Å². The van der Waals surface area contributed by atoms with Crippen molar-refractivity contribution >= 4 is 18.3 Å². The van der Waals surface area contributed by atoms with Gasteiger partial charge in [-0.2, -0.15) is 5.26 Å². The van der Waals surface area contributed by atoms with Gasteiger partial charge in [-0.1, -0.05) is 52.3 Å². The highest BCUT2D eigenvalue weighted by Crippen LogP contribution is 2.32. The molecule has 0 radical (unpaired) electrons. The largest absolute Gasteiger partial charge is 0.397 e. The summed E-state index contributed by atoms with van der Waals surface area (Å²) < 4.78 is 0. The van der Waals surface area contributed by atoms with E-state index in [1.165, 1.54) is 0 Å². The number of rotatable bonds is 10. The third-order valence-electron chi connectivity index (χ3n) is 5.25. The van der Waals surface area contributed by atoms with Crippen LogP contribution in [0, 0.1) is 11.3 Å². The molecule has 1 amide bonds. The van der Waals surface area contributed by atoms with Crippen LogP contribution in [0.1, 0.15) is 34.1 Å². The number of hydrogen-bond donors (Lipinski definition) is 4. The number of carbonyl (C=O) groups is 1. The standard InChI is InChI=1S/C28H32N6.C2H6.CH3NO/c1-18(19(2)16-29)14-26(33-20(3)12-13-31-7)23(6)32-17-24-10-8-9-11-25(15-24)34-28-22(5)21(4)27(28)30;1-2;2-1-3/h8-9,11-15,32,34H,2,4-6,10,17,30H2,1,3,7H3;1-2H3;1H,(H2,2,3)/b18-14+,20-12+,31-13?,33-26-;;. The van der Waals surface area contributed by atoms with Gasteiger partial charge in [0.15, 0.2) is 0 Å². The Morgan fingerprint density at radius 3 is 2.44 bits per heavy atom. The number of aliphatic imine (C=N–C) groups is 2. The minimum Gasteiger partial charge on any atom is -0.397 e. The lowest BCUT2D eigenvalue weighted by Crippen LogP contribution is -2.28. The molecule has 8 nitrogen and oxygen atoms in total. The zero-order chi connectivity index (χ0) is 30.0. The smallest absolute Gasteiger partial charge is 0.204 e. The predicted molar refractivity (Wildman–Crippen MR) is 165 cm³/mol. The lowest BCUT2D eigenvalue weighted by atomic mass is 9.90. The molecule has 6 N–H and O–H groups in total. The van der Waals surface area contributed by atoms with Crippen LogP contribution in [0.5, 0.6) is 0 Å². The van der Waals surface area contributed by atoms with E-state index in [2.05, 4.69) is 70.9 Å². The molecule has 0 atom stereocenters. The Labute approximate surface area is 233 Å². The van der Waals surface area contributed by atoms with Crippen molar-refractivity contribution in [2.75, 3.05) is 13.6 Å². The van der Waals surface area contributed by atoms with Crippen LogP contribution >= 0.6 is 0 Å². The first-order valence-corrected chi connectivity index (χ1v) is 12.3. The fraction of sp³-hybridized carbons (Fsp3) is 0.226. The predicted octanol–water partition coefficient (Wildman–Crippen LogP) is 4.94. The number of primary amides is 1. The minimum absolute atomic E-state index is 0.250. The average Bonchev–Trinajstić information content (AvgIpc) is 3.18. The third-order valence-corrected chi connectivity index (χ3v) is 5.25. The van der Waals surface area contributed by atoms with Crippen molar-refractivity contribution in [3.63, 3.8) is 0 Å². The van der Waals surface area contributed by atoms with Crippen molar-refractivity contribution in [2.24, 2.45) is 21.5 Å². The van der Waals surface area contributed by atoms with Gasteiger partial charge in [-0.3, -0.25) is 14.8 Å². The van der Waals surface area contributed by atoms with E-state index in [9.17, 15) is 0 Å². The number of nitriles is 1. The third kappa shape index (κ3) is 11.4. The lowest BCUT2D eigenvalue weighted by Gasteiger charge is -2.27. The topological polar surface area (TPSA) is 142 Å². The van der Waals surface area contributed by atoms with Gasteiger partial charge in [0.2, 0.25) is 6.41 Å². The summed E-state index contributed by atoms with van der Waals surface area (Å²) in [5.74, 6) is 0. The molecule has 0 aliphatic heterocycles. The van der Waals surface area contributed by atoms with Crippen molar-refractivity contribution in [3.8, 4) is 6.07 Å². The van der Waals surface area contributed by atoms with E-state index in [0.29, 0.717) is 29.2 Å². The lowest BCUT2D eigenvalue weighted by molar-refractivity contribution is -0.106. The molecule has 0 aromatic rings. The zero-order valence-corrected chi connectivity index (χ0v) is 23.8. The van der Waals surface area contributed by atoms with Crippen LogP contribution in [0.25, 0.3) is 0 Å². The van der Waals surface area contributed by atoms with Gasteiger partial charge in [0.25, 0.3) is 0 Å². The summed E-state index contributed by atoms with van der Waals surface area (Å²) >= 11 is 0. The molecular weight excluding hydrogens is 486 g/mol. The van der Waals surface area contributed by atoms with Crippen LogP contribution in [0.2, 0.25) is 0 Å². The van der Waals surface area contributed by atoms with Gasteiger partial charge in [0.05, 0.1) is 28.9 Å². The first-order valence-electron chi connectivity index (χ1n) is 12.3. The first-order chi connectivity index (χ1) is 18.6. The van der Waals surface area contributed by atoms with Crippen LogP contribution in [0.3, 0.4) is 0 Å².